The van der Waals surface area contributed by atoms with Crippen LogP contribution in [-0.4, -0.2) is 12.5 Å². The number of carbonyl (C=O) groups is 1. The van der Waals surface area contributed by atoms with E-state index in [0.29, 0.717) is 6.61 Å². The summed E-state index contributed by atoms with van der Waals surface area (Å²) in [6, 6.07) is 13.9. The molecule has 1 amide bonds. The lowest BCUT2D eigenvalue weighted by Gasteiger charge is -2.26. The zero-order valence-electron chi connectivity index (χ0n) is 12.9. The minimum atomic E-state index is -0.0980. The van der Waals surface area contributed by atoms with Crippen LogP contribution in [0.1, 0.15) is 29.2 Å². The third kappa shape index (κ3) is 3.82. The van der Waals surface area contributed by atoms with E-state index in [2.05, 4.69) is 21.2 Å². The zero-order chi connectivity index (χ0) is 16.2. The molecule has 0 bridgehead atoms. The van der Waals surface area contributed by atoms with Crippen molar-refractivity contribution in [3.8, 4) is 5.75 Å². The Morgan fingerprint density at radius 1 is 1.30 bits per heavy atom. The number of hydrogen-bond acceptors (Lipinski definition) is 2. The number of para-hydroxylation sites is 1. The molecule has 2 aromatic carbocycles. The topological polar surface area (TPSA) is 38.3 Å². The van der Waals surface area contributed by atoms with E-state index in [1.807, 2.05) is 55.5 Å². The summed E-state index contributed by atoms with van der Waals surface area (Å²) in [7, 11) is 0. The van der Waals surface area contributed by atoms with Gasteiger partial charge >= 0.3 is 0 Å². The van der Waals surface area contributed by atoms with Crippen LogP contribution in [0.2, 0.25) is 0 Å². The molecule has 0 saturated carbocycles. The van der Waals surface area contributed by atoms with Crippen LogP contribution in [0.5, 0.6) is 5.75 Å². The third-order valence-corrected chi connectivity index (χ3v) is 4.53. The van der Waals surface area contributed by atoms with Crippen molar-refractivity contribution in [2.75, 3.05) is 6.61 Å². The van der Waals surface area contributed by atoms with Gasteiger partial charge in [-0.3, -0.25) is 4.79 Å². The molecule has 23 heavy (non-hydrogen) atoms. The number of fused-ring (bicyclic) bond motifs is 1. The molecule has 1 heterocycles. The van der Waals surface area contributed by atoms with Crippen molar-refractivity contribution in [3.63, 3.8) is 0 Å². The van der Waals surface area contributed by atoms with Gasteiger partial charge in [-0.05, 0) is 36.3 Å². The summed E-state index contributed by atoms with van der Waals surface area (Å²) in [5.41, 5.74) is 3.20. The first kappa shape index (κ1) is 15.8. The van der Waals surface area contributed by atoms with Crippen LogP contribution in [0.3, 0.4) is 0 Å². The fourth-order valence-electron chi connectivity index (χ4n) is 2.64. The molecule has 4 heteroatoms. The van der Waals surface area contributed by atoms with Gasteiger partial charge in [0.05, 0.1) is 12.6 Å². The minimum Gasteiger partial charge on any atom is -0.493 e. The molecule has 0 unspecified atom stereocenters. The molecule has 0 aromatic heterocycles. The molecule has 1 aliphatic rings. The maximum absolute atomic E-state index is 12.2. The monoisotopic (exact) mass is 371 g/mol. The molecule has 0 fully saturated rings. The van der Waals surface area contributed by atoms with Crippen molar-refractivity contribution in [1.82, 2.24) is 5.32 Å². The van der Waals surface area contributed by atoms with Gasteiger partial charge in [0.2, 0.25) is 5.91 Å². The van der Waals surface area contributed by atoms with Crippen molar-refractivity contribution < 1.29 is 9.53 Å². The van der Waals surface area contributed by atoms with Crippen molar-refractivity contribution in [1.29, 1.82) is 0 Å². The van der Waals surface area contributed by atoms with Crippen LogP contribution >= 0.6 is 15.9 Å². The van der Waals surface area contributed by atoms with Gasteiger partial charge in [0.15, 0.2) is 0 Å². The fourth-order valence-corrected chi connectivity index (χ4v) is 3.27. The maximum atomic E-state index is 12.2. The number of amides is 1. The van der Waals surface area contributed by atoms with Crippen molar-refractivity contribution >= 4 is 27.9 Å². The van der Waals surface area contributed by atoms with Gasteiger partial charge in [-0.15, -0.1) is 0 Å². The van der Waals surface area contributed by atoms with Crippen LogP contribution in [-0.2, 0) is 4.79 Å². The van der Waals surface area contributed by atoms with E-state index < -0.39 is 0 Å². The Kier molecular flexibility index (Phi) is 4.82. The van der Waals surface area contributed by atoms with E-state index in [1.54, 1.807) is 6.08 Å². The van der Waals surface area contributed by atoms with E-state index in [9.17, 15) is 4.79 Å². The number of hydrogen-bond donors (Lipinski definition) is 1. The average Bonchev–Trinajstić information content (AvgIpc) is 2.54. The highest BCUT2D eigenvalue weighted by Gasteiger charge is 2.21. The SMILES string of the molecule is Cc1ccc(/C=C/C(=O)N[C@@H]2CCOc3ccccc32)c(Br)c1. The number of carbonyl (C=O) groups excluding carboxylic acids is 1. The normalized spacial score (nSPS) is 16.7. The molecule has 2 aromatic rings. The summed E-state index contributed by atoms with van der Waals surface area (Å²) in [6.07, 6.45) is 4.18. The third-order valence-electron chi connectivity index (χ3n) is 3.85. The van der Waals surface area contributed by atoms with E-state index in [4.69, 9.17) is 4.74 Å². The van der Waals surface area contributed by atoms with Crippen LogP contribution in [0.15, 0.2) is 53.0 Å². The Morgan fingerprint density at radius 3 is 2.96 bits per heavy atom. The average molecular weight is 372 g/mol. The number of rotatable bonds is 3. The lowest BCUT2D eigenvalue weighted by atomic mass is 10.0. The summed E-state index contributed by atoms with van der Waals surface area (Å²) in [5.74, 6) is 0.758. The smallest absolute Gasteiger partial charge is 0.244 e. The van der Waals surface area contributed by atoms with Crippen molar-refractivity contribution in [3.05, 3.63) is 69.7 Å². The first-order valence-electron chi connectivity index (χ1n) is 7.60. The number of benzene rings is 2. The fraction of sp³-hybridized carbons (Fsp3) is 0.211. The Labute approximate surface area is 144 Å². The van der Waals surface area contributed by atoms with E-state index in [1.165, 1.54) is 5.56 Å². The van der Waals surface area contributed by atoms with Crippen LogP contribution in [0.25, 0.3) is 6.08 Å². The van der Waals surface area contributed by atoms with E-state index in [-0.39, 0.29) is 11.9 Å². The molecular weight excluding hydrogens is 354 g/mol. The lowest BCUT2D eigenvalue weighted by Crippen LogP contribution is -2.30. The highest BCUT2D eigenvalue weighted by molar-refractivity contribution is 9.10. The molecule has 1 atom stereocenters. The molecule has 1 N–H and O–H groups in total. The first-order valence-corrected chi connectivity index (χ1v) is 8.39. The molecule has 0 saturated heterocycles. The quantitative estimate of drug-likeness (QED) is 0.811. The largest absolute Gasteiger partial charge is 0.493 e. The molecule has 3 nitrogen and oxygen atoms in total. The second-order valence-corrected chi connectivity index (χ2v) is 6.45. The van der Waals surface area contributed by atoms with Gasteiger partial charge in [-0.25, -0.2) is 0 Å². The van der Waals surface area contributed by atoms with E-state index in [0.717, 1.165) is 27.8 Å². The summed E-state index contributed by atoms with van der Waals surface area (Å²) >= 11 is 3.52. The Hall–Kier alpha value is -2.07. The van der Waals surface area contributed by atoms with Gasteiger partial charge < -0.3 is 10.1 Å². The van der Waals surface area contributed by atoms with Gasteiger partial charge in [-0.2, -0.15) is 0 Å². The number of aryl methyl sites for hydroxylation is 1. The first-order chi connectivity index (χ1) is 11.1. The Morgan fingerprint density at radius 2 is 2.13 bits per heavy atom. The summed E-state index contributed by atoms with van der Waals surface area (Å²) in [4.78, 5) is 12.2. The molecule has 1 aliphatic heterocycles. The summed E-state index contributed by atoms with van der Waals surface area (Å²) in [6.45, 7) is 2.66. The van der Waals surface area contributed by atoms with Crippen molar-refractivity contribution in [2.24, 2.45) is 0 Å². The van der Waals surface area contributed by atoms with Gasteiger partial charge in [-0.1, -0.05) is 46.3 Å². The number of ether oxygens (including phenoxy) is 1. The maximum Gasteiger partial charge on any atom is 0.244 e. The minimum absolute atomic E-state index is 0.00133. The van der Waals surface area contributed by atoms with Gasteiger partial charge in [0, 0.05) is 22.5 Å². The molecule has 0 radical (unpaired) electrons. The van der Waals surface area contributed by atoms with Gasteiger partial charge in [0.1, 0.15) is 5.75 Å². The zero-order valence-corrected chi connectivity index (χ0v) is 14.5. The second-order valence-electron chi connectivity index (χ2n) is 5.59. The highest BCUT2D eigenvalue weighted by atomic mass is 79.9. The second kappa shape index (κ2) is 7.01. The highest BCUT2D eigenvalue weighted by Crippen LogP contribution is 2.31. The Balaban J connectivity index is 1.69. The van der Waals surface area contributed by atoms with Crippen LogP contribution < -0.4 is 10.1 Å². The van der Waals surface area contributed by atoms with Gasteiger partial charge in [0.25, 0.3) is 0 Å². The molecule has 118 valence electrons. The summed E-state index contributed by atoms with van der Waals surface area (Å²) < 4.78 is 6.60. The van der Waals surface area contributed by atoms with E-state index >= 15 is 0 Å². The lowest BCUT2D eigenvalue weighted by molar-refractivity contribution is -0.117. The number of halogens is 1. The molecular formula is C19H18BrNO2. The van der Waals surface area contributed by atoms with Crippen molar-refractivity contribution in [2.45, 2.75) is 19.4 Å². The molecule has 3 rings (SSSR count). The summed E-state index contributed by atoms with van der Waals surface area (Å²) in [5, 5.41) is 3.06. The molecule has 0 spiro atoms. The molecule has 0 aliphatic carbocycles. The standard InChI is InChI=1S/C19H18BrNO2/c1-13-6-7-14(16(20)12-13)8-9-19(22)21-17-10-11-23-18-5-3-2-4-15(17)18/h2-9,12,17H,10-11H2,1H3,(H,21,22)/b9-8+/t17-/m1/s1. The van der Waals surface area contributed by atoms with Crippen LogP contribution in [0.4, 0.5) is 0 Å². The Bertz CT molecular complexity index is 755. The predicted octanol–water partition coefficient (Wildman–Crippen LogP) is 4.41. The van der Waals surface area contributed by atoms with Crippen LogP contribution in [0, 0.1) is 6.92 Å². The number of nitrogens with one attached hydrogen (secondary N) is 1. The predicted molar refractivity (Wildman–Crippen MR) is 95.4 cm³/mol.